The third kappa shape index (κ3) is 3.12. The number of aryl methyl sites for hydroxylation is 1. The Morgan fingerprint density at radius 3 is 2.89 bits per heavy atom. The topological polar surface area (TPSA) is 70.7 Å². The van der Waals surface area contributed by atoms with Crippen LogP contribution in [0.15, 0.2) is 18.2 Å². The number of aromatic amines is 1. The summed E-state index contributed by atoms with van der Waals surface area (Å²) in [6, 6.07) is 3.70. The highest BCUT2D eigenvalue weighted by atomic mass is 19.2. The standard InChI is InChI=1S/C12H12F2N4O/c1-2-9-15-12(18-17-9)16-10(19)6-7-4-3-5-8(13)11(7)14/h3-5H,2,6H2,1H3,(H2,15,16,17,18,19). The van der Waals surface area contributed by atoms with Gasteiger partial charge in [0.2, 0.25) is 11.9 Å². The Kier molecular flexibility index (Phi) is 3.84. The van der Waals surface area contributed by atoms with E-state index in [2.05, 4.69) is 20.5 Å². The van der Waals surface area contributed by atoms with Crippen LogP contribution in [0.3, 0.4) is 0 Å². The van der Waals surface area contributed by atoms with E-state index in [1.807, 2.05) is 6.92 Å². The van der Waals surface area contributed by atoms with E-state index in [9.17, 15) is 13.6 Å². The molecular formula is C12H12F2N4O. The number of H-pyrrole nitrogens is 1. The maximum atomic E-state index is 13.4. The third-order valence-electron chi connectivity index (χ3n) is 2.50. The van der Waals surface area contributed by atoms with Crippen molar-refractivity contribution < 1.29 is 13.6 Å². The number of halogens is 2. The molecule has 0 radical (unpaired) electrons. The molecule has 2 N–H and O–H groups in total. The van der Waals surface area contributed by atoms with Crippen LogP contribution in [0, 0.1) is 11.6 Å². The van der Waals surface area contributed by atoms with Gasteiger partial charge in [0.05, 0.1) is 6.42 Å². The van der Waals surface area contributed by atoms with Crippen LogP contribution in [0.2, 0.25) is 0 Å². The van der Waals surface area contributed by atoms with Crippen LogP contribution in [0.4, 0.5) is 14.7 Å². The Hall–Kier alpha value is -2.31. The molecule has 0 saturated carbocycles. The van der Waals surface area contributed by atoms with Crippen LogP contribution < -0.4 is 5.32 Å². The second-order valence-electron chi connectivity index (χ2n) is 3.90. The molecule has 1 aromatic carbocycles. The van der Waals surface area contributed by atoms with E-state index in [0.29, 0.717) is 12.2 Å². The van der Waals surface area contributed by atoms with Gasteiger partial charge in [-0.05, 0) is 6.07 Å². The molecule has 1 heterocycles. The van der Waals surface area contributed by atoms with Gasteiger partial charge in [0.1, 0.15) is 5.82 Å². The molecule has 19 heavy (non-hydrogen) atoms. The number of carbonyl (C=O) groups excluding carboxylic acids is 1. The fourth-order valence-electron chi connectivity index (χ4n) is 1.54. The zero-order valence-corrected chi connectivity index (χ0v) is 10.2. The average Bonchev–Trinajstić information content (AvgIpc) is 2.82. The highest BCUT2D eigenvalue weighted by Gasteiger charge is 2.13. The number of anilines is 1. The monoisotopic (exact) mass is 266 g/mol. The number of hydrogen-bond donors (Lipinski definition) is 2. The summed E-state index contributed by atoms with van der Waals surface area (Å²) < 4.78 is 26.3. The summed E-state index contributed by atoms with van der Waals surface area (Å²) in [5, 5.41) is 8.82. The molecule has 0 fully saturated rings. The second-order valence-corrected chi connectivity index (χ2v) is 3.90. The quantitative estimate of drug-likeness (QED) is 0.886. The van der Waals surface area contributed by atoms with Gasteiger partial charge in [0, 0.05) is 12.0 Å². The van der Waals surface area contributed by atoms with E-state index in [1.165, 1.54) is 12.1 Å². The number of nitrogens with zero attached hydrogens (tertiary/aromatic N) is 2. The van der Waals surface area contributed by atoms with Crippen LogP contribution in [0.5, 0.6) is 0 Å². The van der Waals surface area contributed by atoms with Crippen molar-refractivity contribution in [3.8, 4) is 0 Å². The number of aromatic nitrogens is 3. The highest BCUT2D eigenvalue weighted by Crippen LogP contribution is 2.12. The van der Waals surface area contributed by atoms with E-state index >= 15 is 0 Å². The van der Waals surface area contributed by atoms with E-state index < -0.39 is 17.5 Å². The maximum Gasteiger partial charge on any atom is 0.248 e. The van der Waals surface area contributed by atoms with E-state index in [4.69, 9.17) is 0 Å². The largest absolute Gasteiger partial charge is 0.293 e. The van der Waals surface area contributed by atoms with Crippen molar-refractivity contribution in [1.29, 1.82) is 0 Å². The molecule has 0 spiro atoms. The highest BCUT2D eigenvalue weighted by molar-refractivity contribution is 5.90. The van der Waals surface area contributed by atoms with Crippen LogP contribution >= 0.6 is 0 Å². The molecule has 0 aliphatic rings. The minimum absolute atomic E-state index is 0.0104. The lowest BCUT2D eigenvalue weighted by atomic mass is 10.1. The molecular weight excluding hydrogens is 254 g/mol. The van der Waals surface area contributed by atoms with E-state index in [1.54, 1.807) is 0 Å². The van der Waals surface area contributed by atoms with Gasteiger partial charge in [-0.3, -0.25) is 15.2 Å². The van der Waals surface area contributed by atoms with E-state index in [0.717, 1.165) is 6.07 Å². The summed E-state index contributed by atoms with van der Waals surface area (Å²) >= 11 is 0. The second kappa shape index (κ2) is 5.55. The van der Waals surface area contributed by atoms with Crippen molar-refractivity contribution in [2.75, 3.05) is 5.32 Å². The van der Waals surface area contributed by atoms with E-state index in [-0.39, 0.29) is 17.9 Å². The third-order valence-corrected chi connectivity index (χ3v) is 2.50. The first kappa shape index (κ1) is 13.1. The molecule has 2 rings (SSSR count). The molecule has 7 heteroatoms. The first-order valence-electron chi connectivity index (χ1n) is 5.74. The van der Waals surface area contributed by atoms with Gasteiger partial charge >= 0.3 is 0 Å². The Labute approximate surface area is 108 Å². The molecule has 0 bridgehead atoms. The zero-order chi connectivity index (χ0) is 13.8. The Morgan fingerprint density at radius 1 is 1.42 bits per heavy atom. The van der Waals surface area contributed by atoms with Crippen LogP contribution in [0.1, 0.15) is 18.3 Å². The molecule has 1 amide bonds. The van der Waals surface area contributed by atoms with Crippen molar-refractivity contribution in [2.24, 2.45) is 0 Å². The predicted octanol–water partition coefficient (Wildman–Crippen LogP) is 1.83. The fraction of sp³-hybridized carbons (Fsp3) is 0.250. The molecule has 5 nitrogen and oxygen atoms in total. The zero-order valence-electron chi connectivity index (χ0n) is 10.2. The van der Waals surface area contributed by atoms with Crippen molar-refractivity contribution in [1.82, 2.24) is 15.2 Å². The number of benzene rings is 1. The predicted molar refractivity (Wildman–Crippen MR) is 64.5 cm³/mol. The van der Waals surface area contributed by atoms with Gasteiger partial charge in [-0.1, -0.05) is 19.1 Å². The number of hydrogen-bond acceptors (Lipinski definition) is 3. The molecule has 2 aromatic rings. The first-order chi connectivity index (χ1) is 9.10. The maximum absolute atomic E-state index is 13.4. The van der Waals surface area contributed by atoms with Crippen LogP contribution in [-0.2, 0) is 17.6 Å². The summed E-state index contributed by atoms with van der Waals surface area (Å²) in [5.74, 6) is -1.74. The summed E-state index contributed by atoms with van der Waals surface area (Å²) in [5.41, 5.74) is -0.0104. The van der Waals surface area contributed by atoms with Gasteiger partial charge in [-0.15, -0.1) is 5.10 Å². The first-order valence-corrected chi connectivity index (χ1v) is 5.74. The lowest BCUT2D eigenvalue weighted by Gasteiger charge is -2.03. The number of carbonyl (C=O) groups is 1. The Bertz CT molecular complexity index is 597. The summed E-state index contributed by atoms with van der Waals surface area (Å²) in [6.07, 6.45) is 0.376. The minimum atomic E-state index is -1.01. The molecule has 0 atom stereocenters. The summed E-state index contributed by atoms with van der Waals surface area (Å²) in [7, 11) is 0. The Balaban J connectivity index is 2.03. The van der Waals surface area contributed by atoms with Gasteiger partial charge < -0.3 is 0 Å². The Morgan fingerprint density at radius 2 is 2.21 bits per heavy atom. The van der Waals surface area contributed by atoms with Crippen molar-refractivity contribution >= 4 is 11.9 Å². The van der Waals surface area contributed by atoms with Gasteiger partial charge in [0.25, 0.3) is 0 Å². The lowest BCUT2D eigenvalue weighted by Crippen LogP contribution is -2.16. The summed E-state index contributed by atoms with van der Waals surface area (Å²) in [4.78, 5) is 15.6. The van der Waals surface area contributed by atoms with Gasteiger partial charge in [-0.2, -0.15) is 4.98 Å². The average molecular weight is 266 g/mol. The minimum Gasteiger partial charge on any atom is -0.293 e. The van der Waals surface area contributed by atoms with Crippen molar-refractivity contribution in [2.45, 2.75) is 19.8 Å². The van der Waals surface area contributed by atoms with Gasteiger partial charge in [-0.25, -0.2) is 8.78 Å². The smallest absolute Gasteiger partial charge is 0.248 e. The van der Waals surface area contributed by atoms with Crippen molar-refractivity contribution in [3.63, 3.8) is 0 Å². The lowest BCUT2D eigenvalue weighted by molar-refractivity contribution is -0.115. The molecule has 0 unspecified atom stereocenters. The normalized spacial score (nSPS) is 10.5. The summed E-state index contributed by atoms with van der Waals surface area (Å²) in [6.45, 7) is 1.88. The molecule has 100 valence electrons. The molecule has 0 aliphatic carbocycles. The van der Waals surface area contributed by atoms with Crippen molar-refractivity contribution in [3.05, 3.63) is 41.2 Å². The number of amides is 1. The van der Waals surface area contributed by atoms with Crippen LogP contribution in [0.25, 0.3) is 0 Å². The number of rotatable bonds is 4. The van der Waals surface area contributed by atoms with Gasteiger partial charge in [0.15, 0.2) is 11.6 Å². The fourth-order valence-corrected chi connectivity index (χ4v) is 1.54. The SMILES string of the molecule is CCc1nc(NC(=O)Cc2cccc(F)c2F)n[nH]1. The molecule has 1 aromatic heterocycles. The molecule has 0 saturated heterocycles. The molecule has 0 aliphatic heterocycles. The van der Waals surface area contributed by atoms with Crippen LogP contribution in [-0.4, -0.2) is 21.1 Å². The number of nitrogens with one attached hydrogen (secondary N) is 2.